The lowest BCUT2D eigenvalue weighted by atomic mass is 10.3. The van der Waals surface area contributed by atoms with Gasteiger partial charge in [0.25, 0.3) is 0 Å². The molecule has 0 saturated carbocycles. The molecule has 1 heterocycles. The molecular formula is C12H13Cl2N5O. The van der Waals surface area contributed by atoms with E-state index in [4.69, 9.17) is 33.8 Å². The van der Waals surface area contributed by atoms with Gasteiger partial charge in [0.15, 0.2) is 5.82 Å². The predicted octanol–water partition coefficient (Wildman–Crippen LogP) is 2.96. The largest absolute Gasteiger partial charge is 0.377 e. The molecule has 106 valence electrons. The zero-order valence-electron chi connectivity index (χ0n) is 10.7. The average Bonchev–Trinajstić information content (AvgIpc) is 2.43. The van der Waals surface area contributed by atoms with Crippen LogP contribution in [0, 0.1) is 0 Å². The number of rotatable bonds is 5. The van der Waals surface area contributed by atoms with Crippen LogP contribution < -0.4 is 16.6 Å². The van der Waals surface area contributed by atoms with Gasteiger partial charge in [0.1, 0.15) is 18.2 Å². The van der Waals surface area contributed by atoms with Crippen LogP contribution in [0.25, 0.3) is 0 Å². The summed E-state index contributed by atoms with van der Waals surface area (Å²) in [5.41, 5.74) is 3.04. The molecule has 0 unspecified atom stereocenters. The number of methoxy groups -OCH3 is 1. The Bertz CT molecular complexity index is 588. The average molecular weight is 314 g/mol. The zero-order chi connectivity index (χ0) is 14.5. The molecule has 0 atom stereocenters. The molecule has 0 amide bonds. The Kier molecular flexibility index (Phi) is 4.97. The summed E-state index contributed by atoms with van der Waals surface area (Å²) in [5.74, 6) is 6.82. The SMILES string of the molecule is COCc1nc(NN)cc(Nc2c(Cl)cccc2Cl)n1. The van der Waals surface area contributed by atoms with Crippen LogP contribution in [0.5, 0.6) is 0 Å². The molecule has 0 aliphatic rings. The van der Waals surface area contributed by atoms with Crippen molar-refractivity contribution in [3.05, 3.63) is 40.1 Å². The van der Waals surface area contributed by atoms with Gasteiger partial charge in [-0.3, -0.25) is 0 Å². The van der Waals surface area contributed by atoms with Crippen LogP contribution in [0.15, 0.2) is 24.3 Å². The van der Waals surface area contributed by atoms with Gasteiger partial charge in [-0.2, -0.15) is 0 Å². The summed E-state index contributed by atoms with van der Waals surface area (Å²) >= 11 is 12.2. The number of nitrogens with one attached hydrogen (secondary N) is 2. The molecule has 2 aromatic rings. The van der Waals surface area contributed by atoms with Crippen molar-refractivity contribution in [3.63, 3.8) is 0 Å². The van der Waals surface area contributed by atoms with Crippen LogP contribution in [0.1, 0.15) is 5.82 Å². The minimum absolute atomic E-state index is 0.264. The van der Waals surface area contributed by atoms with Gasteiger partial charge < -0.3 is 15.5 Å². The molecule has 0 radical (unpaired) electrons. The van der Waals surface area contributed by atoms with E-state index in [0.717, 1.165) is 0 Å². The Hall–Kier alpha value is -1.60. The van der Waals surface area contributed by atoms with Crippen LogP contribution in [-0.4, -0.2) is 17.1 Å². The van der Waals surface area contributed by atoms with Crippen LogP contribution in [0.3, 0.4) is 0 Å². The van der Waals surface area contributed by atoms with E-state index >= 15 is 0 Å². The number of hydrogen-bond acceptors (Lipinski definition) is 6. The van der Waals surface area contributed by atoms with Gasteiger partial charge in [-0.15, -0.1) is 0 Å². The van der Waals surface area contributed by atoms with Crippen molar-refractivity contribution in [2.75, 3.05) is 17.9 Å². The summed E-state index contributed by atoms with van der Waals surface area (Å²) in [4.78, 5) is 8.44. The number of anilines is 3. The number of halogens is 2. The smallest absolute Gasteiger partial charge is 0.158 e. The Morgan fingerprint density at radius 3 is 2.45 bits per heavy atom. The number of hydrazine groups is 1. The van der Waals surface area contributed by atoms with Crippen LogP contribution >= 0.6 is 23.2 Å². The molecule has 0 saturated heterocycles. The minimum Gasteiger partial charge on any atom is -0.377 e. The third-order valence-corrected chi connectivity index (χ3v) is 3.04. The fourth-order valence-corrected chi connectivity index (χ4v) is 2.07. The van der Waals surface area contributed by atoms with E-state index in [1.807, 2.05) is 0 Å². The van der Waals surface area contributed by atoms with Crippen molar-refractivity contribution in [3.8, 4) is 0 Å². The Morgan fingerprint density at radius 1 is 1.20 bits per heavy atom. The molecule has 1 aromatic carbocycles. The van der Waals surface area contributed by atoms with E-state index in [1.54, 1.807) is 31.4 Å². The van der Waals surface area contributed by atoms with Gasteiger partial charge >= 0.3 is 0 Å². The van der Waals surface area contributed by atoms with Gasteiger partial charge in [0.2, 0.25) is 0 Å². The van der Waals surface area contributed by atoms with E-state index in [0.29, 0.717) is 33.2 Å². The van der Waals surface area contributed by atoms with Crippen molar-refractivity contribution in [2.24, 2.45) is 5.84 Å². The van der Waals surface area contributed by atoms with Crippen LogP contribution in [0.4, 0.5) is 17.3 Å². The summed E-state index contributed by atoms with van der Waals surface area (Å²) in [6.07, 6.45) is 0. The lowest BCUT2D eigenvalue weighted by Crippen LogP contribution is -2.12. The first-order valence-electron chi connectivity index (χ1n) is 5.68. The van der Waals surface area contributed by atoms with E-state index < -0.39 is 0 Å². The third kappa shape index (κ3) is 3.49. The van der Waals surface area contributed by atoms with E-state index in [1.165, 1.54) is 0 Å². The fourth-order valence-electron chi connectivity index (χ4n) is 1.57. The first-order chi connectivity index (χ1) is 9.63. The number of hydrogen-bond donors (Lipinski definition) is 3. The van der Waals surface area contributed by atoms with Gasteiger partial charge in [-0.05, 0) is 12.1 Å². The standard InChI is InChI=1S/C12H13Cl2N5O/c1-20-6-11-16-9(5-10(17-11)19-15)18-12-7(13)3-2-4-8(12)14/h2-5H,6,15H2,1H3,(H2,16,17,18,19). The maximum absolute atomic E-state index is 6.10. The molecule has 1 aromatic heterocycles. The summed E-state index contributed by atoms with van der Waals surface area (Å²) < 4.78 is 5.01. The molecular weight excluding hydrogens is 301 g/mol. The number of nitrogens with two attached hydrogens (primary N) is 1. The first-order valence-corrected chi connectivity index (χ1v) is 6.44. The number of benzene rings is 1. The molecule has 6 nitrogen and oxygen atoms in total. The van der Waals surface area contributed by atoms with E-state index in [-0.39, 0.29) is 6.61 Å². The van der Waals surface area contributed by atoms with Gasteiger partial charge in [-0.25, -0.2) is 15.8 Å². The second kappa shape index (κ2) is 6.71. The lowest BCUT2D eigenvalue weighted by molar-refractivity contribution is 0.178. The summed E-state index contributed by atoms with van der Waals surface area (Å²) in [7, 11) is 1.56. The molecule has 0 aliphatic carbocycles. The topological polar surface area (TPSA) is 85.1 Å². The minimum atomic E-state index is 0.264. The summed E-state index contributed by atoms with van der Waals surface area (Å²) in [6.45, 7) is 0.264. The number of para-hydroxylation sites is 1. The van der Waals surface area contributed by atoms with Crippen LogP contribution in [-0.2, 0) is 11.3 Å². The second-order valence-electron chi connectivity index (χ2n) is 3.85. The van der Waals surface area contributed by atoms with Crippen LogP contribution in [0.2, 0.25) is 10.0 Å². The maximum atomic E-state index is 6.10. The Labute approximate surface area is 126 Å². The number of aromatic nitrogens is 2. The fraction of sp³-hybridized carbons (Fsp3) is 0.167. The van der Waals surface area contributed by atoms with Crippen molar-refractivity contribution in [1.82, 2.24) is 9.97 Å². The van der Waals surface area contributed by atoms with Crippen molar-refractivity contribution < 1.29 is 4.74 Å². The molecule has 20 heavy (non-hydrogen) atoms. The summed E-state index contributed by atoms with van der Waals surface area (Å²) in [6, 6.07) is 6.86. The van der Waals surface area contributed by atoms with Gasteiger partial charge in [-0.1, -0.05) is 29.3 Å². The quantitative estimate of drug-likeness (QED) is 0.581. The highest BCUT2D eigenvalue weighted by Crippen LogP contribution is 2.32. The monoisotopic (exact) mass is 313 g/mol. The molecule has 0 spiro atoms. The van der Waals surface area contributed by atoms with E-state index in [2.05, 4.69) is 20.7 Å². The van der Waals surface area contributed by atoms with E-state index in [9.17, 15) is 0 Å². The summed E-state index contributed by atoms with van der Waals surface area (Å²) in [5, 5.41) is 4.03. The maximum Gasteiger partial charge on any atom is 0.158 e. The van der Waals surface area contributed by atoms with Crippen molar-refractivity contribution in [2.45, 2.75) is 6.61 Å². The number of nitrogens with zero attached hydrogens (tertiary/aromatic N) is 2. The van der Waals surface area contributed by atoms with Crippen molar-refractivity contribution >= 4 is 40.5 Å². The van der Waals surface area contributed by atoms with Gasteiger partial charge in [0.05, 0.1) is 15.7 Å². The second-order valence-corrected chi connectivity index (χ2v) is 4.67. The normalized spacial score (nSPS) is 10.4. The number of ether oxygens (including phenoxy) is 1. The molecule has 2 rings (SSSR count). The zero-order valence-corrected chi connectivity index (χ0v) is 12.2. The molecule has 0 bridgehead atoms. The van der Waals surface area contributed by atoms with Gasteiger partial charge in [0, 0.05) is 13.2 Å². The predicted molar refractivity (Wildman–Crippen MR) is 80.3 cm³/mol. The number of nitrogen functional groups attached to an aromatic ring is 1. The third-order valence-electron chi connectivity index (χ3n) is 2.41. The highest BCUT2D eigenvalue weighted by atomic mass is 35.5. The van der Waals surface area contributed by atoms with Crippen molar-refractivity contribution in [1.29, 1.82) is 0 Å². The Balaban J connectivity index is 2.35. The first kappa shape index (κ1) is 14.8. The molecule has 0 fully saturated rings. The molecule has 4 N–H and O–H groups in total. The highest BCUT2D eigenvalue weighted by Gasteiger charge is 2.09. The Morgan fingerprint density at radius 2 is 1.85 bits per heavy atom. The molecule has 0 aliphatic heterocycles. The molecule has 8 heteroatoms. The highest BCUT2D eigenvalue weighted by molar-refractivity contribution is 6.39. The lowest BCUT2D eigenvalue weighted by Gasteiger charge is -2.11.